The number of fused-ring (bicyclic) bond motifs is 1. The van der Waals surface area contributed by atoms with Crippen molar-refractivity contribution in [2.24, 2.45) is 0 Å². The number of aryl methyl sites for hydroxylation is 1. The number of benzene rings is 3. The van der Waals surface area contributed by atoms with Crippen molar-refractivity contribution in [2.75, 3.05) is 26.3 Å². The van der Waals surface area contributed by atoms with Crippen LogP contribution in [0.5, 0.6) is 0 Å². The van der Waals surface area contributed by atoms with Crippen LogP contribution < -0.4 is 5.56 Å². The third-order valence-corrected chi connectivity index (χ3v) is 6.91. The van der Waals surface area contributed by atoms with Crippen molar-refractivity contribution >= 4 is 28.6 Å². The van der Waals surface area contributed by atoms with Crippen molar-refractivity contribution in [3.05, 3.63) is 99.6 Å². The molecule has 1 aliphatic rings. The first kappa shape index (κ1) is 23.3. The van der Waals surface area contributed by atoms with E-state index in [4.69, 9.17) is 9.72 Å². The van der Waals surface area contributed by atoms with Gasteiger partial charge in [0.05, 0.1) is 29.8 Å². The highest BCUT2D eigenvalue weighted by Gasteiger charge is 2.20. The number of carbonyl (C=O) groups is 1. The lowest BCUT2D eigenvalue weighted by Crippen LogP contribution is -2.40. The quantitative estimate of drug-likeness (QED) is 0.303. The average molecular weight is 490 g/mol. The topological polar surface area (TPSA) is 64.4 Å². The molecule has 0 bridgehead atoms. The molecular weight excluding hydrogens is 465 g/mol. The number of nitrogens with zero attached hydrogens (tertiary/aromatic N) is 3. The van der Waals surface area contributed by atoms with Crippen LogP contribution in [-0.2, 0) is 10.5 Å². The molecule has 6 nitrogen and oxygen atoms in total. The largest absolute Gasteiger partial charge is 0.378 e. The van der Waals surface area contributed by atoms with Crippen LogP contribution in [0.2, 0.25) is 0 Å². The summed E-state index contributed by atoms with van der Waals surface area (Å²) in [5.74, 6) is 0.0392. The van der Waals surface area contributed by atoms with E-state index >= 15 is 0 Å². The van der Waals surface area contributed by atoms with Crippen molar-refractivity contribution in [1.29, 1.82) is 0 Å². The summed E-state index contributed by atoms with van der Waals surface area (Å²) in [4.78, 5) is 33.1. The van der Waals surface area contributed by atoms with E-state index in [2.05, 4.69) is 6.07 Å². The molecule has 35 heavy (non-hydrogen) atoms. The van der Waals surface area contributed by atoms with Gasteiger partial charge in [-0.2, -0.15) is 0 Å². The van der Waals surface area contributed by atoms with Crippen molar-refractivity contribution < 1.29 is 13.9 Å². The predicted octanol–water partition coefficient (Wildman–Crippen LogP) is 4.60. The Labute approximate surface area is 206 Å². The standard InChI is InChI=1S/C27H24FN3O3S/c1-18-4-2-5-19(14-18)17-35-27-29-24-15-20(25(32)30-10-12-34-13-11-30)8-9-23(24)26(33)31(27)22-7-3-6-21(28)16-22/h2-9,14-16H,10-13,17H2,1H3. The average Bonchev–Trinajstić information content (AvgIpc) is 2.87. The number of ether oxygens (including phenoxy) is 1. The van der Waals surface area contributed by atoms with Crippen LogP contribution in [0.4, 0.5) is 4.39 Å². The van der Waals surface area contributed by atoms with Gasteiger partial charge in [0.25, 0.3) is 11.5 Å². The maximum absolute atomic E-state index is 14.1. The Morgan fingerprint density at radius 2 is 1.86 bits per heavy atom. The maximum atomic E-state index is 14.1. The number of amides is 1. The van der Waals surface area contributed by atoms with Gasteiger partial charge >= 0.3 is 0 Å². The van der Waals surface area contributed by atoms with E-state index < -0.39 is 5.82 Å². The van der Waals surface area contributed by atoms with E-state index in [-0.39, 0.29) is 11.5 Å². The van der Waals surface area contributed by atoms with Gasteiger partial charge in [0, 0.05) is 24.4 Å². The number of aromatic nitrogens is 2. The minimum atomic E-state index is -0.435. The Hall–Kier alpha value is -3.49. The van der Waals surface area contributed by atoms with Crippen LogP contribution in [0, 0.1) is 12.7 Å². The number of rotatable bonds is 5. The molecule has 0 radical (unpaired) electrons. The Morgan fingerprint density at radius 1 is 1.06 bits per heavy atom. The van der Waals surface area contributed by atoms with E-state index in [0.717, 1.165) is 11.1 Å². The van der Waals surface area contributed by atoms with E-state index in [9.17, 15) is 14.0 Å². The minimum Gasteiger partial charge on any atom is -0.378 e. The molecule has 1 saturated heterocycles. The van der Waals surface area contributed by atoms with Gasteiger partial charge in [-0.15, -0.1) is 0 Å². The number of halogens is 1. The molecule has 1 aromatic heterocycles. The highest BCUT2D eigenvalue weighted by molar-refractivity contribution is 7.98. The molecule has 0 atom stereocenters. The number of hydrogen-bond acceptors (Lipinski definition) is 5. The molecule has 2 heterocycles. The van der Waals surface area contributed by atoms with E-state index in [1.807, 2.05) is 25.1 Å². The Bertz CT molecular complexity index is 1460. The van der Waals surface area contributed by atoms with Crippen molar-refractivity contribution in [2.45, 2.75) is 17.8 Å². The smallest absolute Gasteiger partial charge is 0.266 e. The summed E-state index contributed by atoms with van der Waals surface area (Å²) in [6.45, 7) is 4.11. The molecule has 0 spiro atoms. The molecule has 1 aliphatic heterocycles. The Morgan fingerprint density at radius 3 is 2.63 bits per heavy atom. The van der Waals surface area contributed by atoms with Gasteiger partial charge in [-0.05, 0) is 48.9 Å². The van der Waals surface area contributed by atoms with Crippen LogP contribution >= 0.6 is 11.8 Å². The summed E-state index contributed by atoms with van der Waals surface area (Å²) in [6, 6.07) is 19.0. The molecular formula is C27H24FN3O3S. The highest BCUT2D eigenvalue weighted by Crippen LogP contribution is 2.26. The number of hydrogen-bond donors (Lipinski definition) is 0. The molecule has 0 N–H and O–H groups in total. The van der Waals surface area contributed by atoms with Gasteiger partial charge in [-0.25, -0.2) is 9.37 Å². The van der Waals surface area contributed by atoms with Crippen molar-refractivity contribution in [1.82, 2.24) is 14.5 Å². The molecule has 3 aromatic carbocycles. The summed E-state index contributed by atoms with van der Waals surface area (Å²) < 4.78 is 20.8. The van der Waals surface area contributed by atoms with Gasteiger partial charge in [0.1, 0.15) is 5.82 Å². The molecule has 0 aliphatic carbocycles. The number of carbonyl (C=O) groups excluding carboxylic acids is 1. The summed E-state index contributed by atoms with van der Waals surface area (Å²) in [5, 5.41) is 0.804. The molecule has 0 saturated carbocycles. The zero-order valence-corrected chi connectivity index (χ0v) is 20.1. The molecule has 8 heteroatoms. The van der Waals surface area contributed by atoms with Crippen molar-refractivity contribution in [3.63, 3.8) is 0 Å². The third kappa shape index (κ3) is 4.99. The molecule has 178 valence electrons. The fourth-order valence-electron chi connectivity index (χ4n) is 4.14. The van der Waals surface area contributed by atoms with Gasteiger partial charge in [-0.1, -0.05) is 47.7 Å². The Kier molecular flexibility index (Phi) is 6.66. The fraction of sp³-hybridized carbons (Fsp3) is 0.222. The van der Waals surface area contributed by atoms with Crippen LogP contribution in [0.25, 0.3) is 16.6 Å². The summed E-state index contributed by atoms with van der Waals surface area (Å²) in [6.07, 6.45) is 0. The normalized spacial score (nSPS) is 13.8. The van der Waals surface area contributed by atoms with Crippen LogP contribution in [0.3, 0.4) is 0 Å². The van der Waals surface area contributed by atoms with Crippen LogP contribution in [0.1, 0.15) is 21.5 Å². The highest BCUT2D eigenvalue weighted by atomic mass is 32.2. The molecule has 5 rings (SSSR count). The first-order valence-electron chi connectivity index (χ1n) is 11.4. The number of morpholine rings is 1. The molecule has 4 aromatic rings. The van der Waals surface area contributed by atoms with Crippen LogP contribution in [-0.4, -0.2) is 46.7 Å². The van der Waals surface area contributed by atoms with E-state index in [0.29, 0.717) is 59.4 Å². The van der Waals surface area contributed by atoms with E-state index in [1.54, 1.807) is 35.2 Å². The monoisotopic (exact) mass is 489 g/mol. The van der Waals surface area contributed by atoms with Gasteiger partial charge in [0.2, 0.25) is 0 Å². The second-order valence-electron chi connectivity index (χ2n) is 8.43. The zero-order valence-electron chi connectivity index (χ0n) is 19.2. The van der Waals surface area contributed by atoms with Crippen molar-refractivity contribution in [3.8, 4) is 5.69 Å². The fourth-order valence-corrected chi connectivity index (χ4v) is 5.09. The molecule has 1 fully saturated rings. The summed E-state index contributed by atoms with van der Waals surface area (Å²) >= 11 is 1.40. The second-order valence-corrected chi connectivity index (χ2v) is 9.37. The first-order valence-corrected chi connectivity index (χ1v) is 12.4. The predicted molar refractivity (Wildman–Crippen MR) is 135 cm³/mol. The van der Waals surface area contributed by atoms with E-state index in [1.165, 1.54) is 28.5 Å². The summed E-state index contributed by atoms with van der Waals surface area (Å²) in [5.41, 5.74) is 3.25. The molecule has 1 amide bonds. The van der Waals surface area contributed by atoms with Gasteiger partial charge < -0.3 is 9.64 Å². The third-order valence-electron chi connectivity index (χ3n) is 5.90. The minimum absolute atomic E-state index is 0.111. The van der Waals surface area contributed by atoms with Gasteiger partial charge in [-0.3, -0.25) is 14.2 Å². The maximum Gasteiger partial charge on any atom is 0.266 e. The lowest BCUT2D eigenvalue weighted by molar-refractivity contribution is 0.0303. The lowest BCUT2D eigenvalue weighted by atomic mass is 10.1. The zero-order chi connectivity index (χ0) is 24.4. The van der Waals surface area contributed by atoms with Crippen LogP contribution in [0.15, 0.2) is 76.7 Å². The van der Waals surface area contributed by atoms with Gasteiger partial charge in [0.15, 0.2) is 5.16 Å². The first-order chi connectivity index (χ1) is 17.0. The second kappa shape index (κ2) is 10.0. The Balaban J connectivity index is 1.59. The number of thioether (sulfide) groups is 1. The molecule has 0 unspecified atom stereocenters. The lowest BCUT2D eigenvalue weighted by Gasteiger charge is -2.26. The SMILES string of the molecule is Cc1cccc(CSc2nc3cc(C(=O)N4CCOCC4)ccc3c(=O)n2-c2cccc(F)c2)c1. The summed E-state index contributed by atoms with van der Waals surface area (Å²) in [7, 11) is 0.